The third-order valence-corrected chi connectivity index (χ3v) is 7.89. The summed E-state index contributed by atoms with van der Waals surface area (Å²) in [7, 11) is 0. The second-order valence-electron chi connectivity index (χ2n) is 9.90. The molecular weight excluding hydrogens is 523 g/mol. The molecule has 39 heavy (non-hydrogen) atoms. The number of aliphatic hydroxyl groups excluding tert-OH is 3. The smallest absolute Gasteiger partial charge is 0.254 e. The average Bonchev–Trinajstić information content (AvgIpc) is 3.29. The normalized spacial score (nSPS) is 14.8. The summed E-state index contributed by atoms with van der Waals surface area (Å²) in [6.07, 6.45) is 1.70. The molecule has 0 unspecified atom stereocenters. The van der Waals surface area contributed by atoms with Crippen LogP contribution in [0.1, 0.15) is 15.9 Å². The Morgan fingerprint density at radius 3 is 2.26 bits per heavy atom. The zero-order valence-electron chi connectivity index (χ0n) is 21.5. The topological polar surface area (TPSA) is 102 Å². The second kappa shape index (κ2) is 11.0. The Labute approximate surface area is 230 Å². The first-order chi connectivity index (χ1) is 18.8. The molecule has 2 aromatic heterocycles. The van der Waals surface area contributed by atoms with E-state index in [2.05, 4.69) is 0 Å². The van der Waals surface area contributed by atoms with Crippen LogP contribution in [0, 0.1) is 12.7 Å². The number of hydrogen-bond donors (Lipinski definition) is 3. The first-order valence-corrected chi connectivity index (χ1v) is 13.1. The second-order valence-corrected chi connectivity index (χ2v) is 10.3. The molecule has 5 rings (SSSR count). The first kappa shape index (κ1) is 27.2. The Morgan fingerprint density at radius 1 is 0.949 bits per heavy atom. The molecule has 3 N–H and O–H groups in total. The predicted molar refractivity (Wildman–Crippen MR) is 147 cm³/mol. The monoisotopic (exact) mass is 552 g/mol. The number of carbonyl (C=O) groups excluding carboxylic acids is 1. The Bertz CT molecular complexity index is 1500. The van der Waals surface area contributed by atoms with Crippen LogP contribution in [0.25, 0.3) is 28.0 Å². The van der Waals surface area contributed by atoms with Crippen molar-refractivity contribution in [3.8, 4) is 22.4 Å². The third-order valence-electron chi connectivity index (χ3n) is 7.53. The van der Waals surface area contributed by atoms with Crippen molar-refractivity contribution in [3.05, 3.63) is 82.9 Å². The number of aliphatic hydroxyl groups is 3. The molecule has 0 saturated carbocycles. The summed E-state index contributed by atoms with van der Waals surface area (Å²) in [6.45, 7) is 2.25. The number of carbonyl (C=O) groups is 1. The van der Waals surface area contributed by atoms with Gasteiger partial charge in [0.1, 0.15) is 22.3 Å². The number of hydrogen-bond acceptors (Lipinski definition) is 6. The zero-order valence-corrected chi connectivity index (χ0v) is 22.3. The van der Waals surface area contributed by atoms with Crippen molar-refractivity contribution in [2.45, 2.75) is 12.5 Å². The number of benzene rings is 2. The van der Waals surface area contributed by atoms with Crippen molar-refractivity contribution in [3.63, 3.8) is 0 Å². The third kappa shape index (κ3) is 4.92. The predicted octanol–water partition coefficient (Wildman–Crippen LogP) is 3.24. The number of amides is 1. The van der Waals surface area contributed by atoms with Gasteiger partial charge in [0.2, 0.25) is 0 Å². The quantitative estimate of drug-likeness (QED) is 0.325. The lowest BCUT2D eigenvalue weighted by Gasteiger charge is -2.45. The Kier molecular flexibility index (Phi) is 7.70. The van der Waals surface area contributed by atoms with E-state index in [4.69, 9.17) is 16.6 Å². The summed E-state index contributed by atoms with van der Waals surface area (Å²) in [6, 6.07) is 15.8. The van der Waals surface area contributed by atoms with E-state index in [1.807, 2.05) is 42.2 Å². The number of piperazine rings is 1. The minimum absolute atomic E-state index is 0.178. The number of aryl methyl sites for hydroxylation is 1. The summed E-state index contributed by atoms with van der Waals surface area (Å²) in [4.78, 5) is 21.6. The Hall–Kier alpha value is -3.34. The minimum Gasteiger partial charge on any atom is -0.394 e. The fourth-order valence-corrected chi connectivity index (χ4v) is 5.39. The molecule has 4 aromatic rings. The molecule has 1 aliphatic rings. The van der Waals surface area contributed by atoms with Crippen LogP contribution < -0.4 is 0 Å². The highest BCUT2D eigenvalue weighted by Gasteiger charge is 2.38. The van der Waals surface area contributed by atoms with Gasteiger partial charge >= 0.3 is 0 Å². The van der Waals surface area contributed by atoms with E-state index < -0.39 is 5.54 Å². The van der Waals surface area contributed by atoms with Gasteiger partial charge in [-0.1, -0.05) is 48.0 Å². The number of imidazole rings is 1. The summed E-state index contributed by atoms with van der Waals surface area (Å²) < 4.78 is 16.6. The van der Waals surface area contributed by atoms with Gasteiger partial charge in [-0.3, -0.25) is 14.1 Å². The highest BCUT2D eigenvalue weighted by Crippen LogP contribution is 2.37. The molecule has 2 aromatic carbocycles. The molecule has 0 atom stereocenters. The van der Waals surface area contributed by atoms with Crippen molar-refractivity contribution in [2.75, 3.05) is 46.0 Å². The summed E-state index contributed by atoms with van der Waals surface area (Å²) in [5, 5.41) is 29.5. The van der Waals surface area contributed by atoms with Crippen LogP contribution in [-0.4, -0.2) is 91.9 Å². The molecule has 1 saturated heterocycles. The fourth-order valence-electron chi connectivity index (χ4n) is 5.10. The number of rotatable bonds is 7. The Morgan fingerprint density at radius 2 is 1.62 bits per heavy atom. The lowest BCUT2D eigenvalue weighted by molar-refractivity contribution is -0.0625. The van der Waals surface area contributed by atoms with E-state index in [1.165, 1.54) is 6.07 Å². The zero-order chi connectivity index (χ0) is 27.7. The van der Waals surface area contributed by atoms with Crippen LogP contribution in [0.3, 0.4) is 0 Å². The maximum atomic E-state index is 14.9. The highest BCUT2D eigenvalue weighted by molar-refractivity contribution is 6.32. The van der Waals surface area contributed by atoms with E-state index in [0.717, 1.165) is 5.56 Å². The lowest BCUT2D eigenvalue weighted by Crippen LogP contribution is -2.63. The summed E-state index contributed by atoms with van der Waals surface area (Å²) in [5.41, 5.74) is 2.92. The molecule has 1 amide bonds. The van der Waals surface area contributed by atoms with Gasteiger partial charge in [-0.15, -0.1) is 0 Å². The number of aromatic nitrogens is 2. The van der Waals surface area contributed by atoms with Gasteiger partial charge in [0.15, 0.2) is 0 Å². The molecule has 3 heterocycles. The van der Waals surface area contributed by atoms with Crippen LogP contribution in [0.2, 0.25) is 5.15 Å². The first-order valence-electron chi connectivity index (χ1n) is 12.7. The number of fused-ring (bicyclic) bond motifs is 1. The largest absolute Gasteiger partial charge is 0.394 e. The summed E-state index contributed by atoms with van der Waals surface area (Å²) >= 11 is 6.74. The van der Waals surface area contributed by atoms with Crippen LogP contribution in [-0.2, 0) is 0 Å². The molecule has 0 aliphatic carbocycles. The van der Waals surface area contributed by atoms with Crippen molar-refractivity contribution < 1.29 is 24.5 Å². The molecule has 10 heteroatoms. The molecule has 0 spiro atoms. The number of pyridine rings is 1. The van der Waals surface area contributed by atoms with Crippen LogP contribution in [0.5, 0.6) is 0 Å². The highest BCUT2D eigenvalue weighted by atomic mass is 35.5. The minimum atomic E-state index is -1.12. The van der Waals surface area contributed by atoms with Crippen molar-refractivity contribution in [1.29, 1.82) is 0 Å². The maximum Gasteiger partial charge on any atom is 0.254 e. The van der Waals surface area contributed by atoms with Crippen molar-refractivity contribution >= 4 is 23.2 Å². The van der Waals surface area contributed by atoms with Crippen LogP contribution >= 0.6 is 11.6 Å². The van der Waals surface area contributed by atoms with Crippen molar-refractivity contribution in [1.82, 2.24) is 19.2 Å². The average molecular weight is 553 g/mol. The van der Waals surface area contributed by atoms with Gasteiger partial charge in [0.05, 0.1) is 25.4 Å². The molecule has 0 bridgehead atoms. The molecule has 204 valence electrons. The van der Waals surface area contributed by atoms with Gasteiger partial charge in [-0.25, -0.2) is 9.37 Å². The standard InChI is InChI=1S/C29H30ClFN4O4/c1-19-6-7-22(24(31)14-19)21-4-2-3-5-23(21)26-27(30)35-9-8-20(15-25(35)32-26)28(39)33-10-12-34(13-11-33)29(16-36,17-37)18-38/h2-9,14-15,36-38H,10-13,16-18H2,1H3. The van der Waals surface area contributed by atoms with Crippen LogP contribution in [0.4, 0.5) is 4.39 Å². The number of nitrogens with zero attached hydrogens (tertiary/aromatic N) is 4. The van der Waals surface area contributed by atoms with E-state index in [1.54, 1.807) is 33.7 Å². The SMILES string of the molecule is Cc1ccc(-c2ccccc2-c2nc3cc(C(=O)N4CCN(C(CO)(CO)CO)CC4)ccn3c2Cl)c(F)c1. The van der Waals surface area contributed by atoms with Gasteiger partial charge in [-0.05, 0) is 36.2 Å². The van der Waals surface area contributed by atoms with E-state index in [9.17, 15) is 24.5 Å². The van der Waals surface area contributed by atoms with E-state index in [0.29, 0.717) is 64.9 Å². The van der Waals surface area contributed by atoms with Gasteiger partial charge < -0.3 is 20.2 Å². The van der Waals surface area contributed by atoms with Crippen LogP contribution in [0.15, 0.2) is 60.8 Å². The van der Waals surface area contributed by atoms with Gasteiger partial charge in [-0.2, -0.15) is 0 Å². The molecule has 8 nitrogen and oxygen atoms in total. The van der Waals surface area contributed by atoms with Gasteiger partial charge in [0.25, 0.3) is 5.91 Å². The molecular formula is C29H30ClFN4O4. The maximum absolute atomic E-state index is 14.9. The van der Waals surface area contributed by atoms with E-state index >= 15 is 0 Å². The summed E-state index contributed by atoms with van der Waals surface area (Å²) in [5.74, 6) is -0.507. The fraction of sp³-hybridized carbons (Fsp3) is 0.310. The van der Waals surface area contributed by atoms with E-state index in [-0.39, 0.29) is 31.5 Å². The van der Waals surface area contributed by atoms with Gasteiger partial charge in [0, 0.05) is 49.1 Å². The Balaban J connectivity index is 1.42. The van der Waals surface area contributed by atoms with Crippen molar-refractivity contribution in [2.24, 2.45) is 0 Å². The molecule has 0 radical (unpaired) electrons. The number of halogens is 2. The molecule has 1 aliphatic heterocycles. The lowest BCUT2D eigenvalue weighted by atomic mass is 9.97. The molecule has 1 fully saturated rings.